The summed E-state index contributed by atoms with van der Waals surface area (Å²) in [5, 5.41) is 9.14. The van der Waals surface area contributed by atoms with Gasteiger partial charge in [0.2, 0.25) is 0 Å². The first-order valence-corrected chi connectivity index (χ1v) is 12.9. The van der Waals surface area contributed by atoms with Crippen LogP contribution in [0.5, 0.6) is 11.5 Å². The number of hydrogen-bond acceptors (Lipinski definition) is 6. The number of para-hydroxylation sites is 1. The number of benzene rings is 3. The number of rotatable bonds is 8. The lowest BCUT2D eigenvalue weighted by atomic mass is 10.1. The van der Waals surface area contributed by atoms with Crippen molar-refractivity contribution in [3.8, 4) is 11.5 Å². The molecule has 0 bridgehead atoms. The first kappa shape index (κ1) is 25.0. The van der Waals surface area contributed by atoms with Crippen molar-refractivity contribution in [2.45, 2.75) is 13.5 Å². The van der Waals surface area contributed by atoms with Crippen LogP contribution in [0.1, 0.15) is 23.8 Å². The Bertz CT molecular complexity index is 1510. The molecular formula is C31H25N3O3S. The molecule has 0 saturated carbocycles. The van der Waals surface area contributed by atoms with E-state index < -0.39 is 0 Å². The van der Waals surface area contributed by atoms with Crippen LogP contribution in [0.2, 0.25) is 0 Å². The molecule has 0 radical (unpaired) electrons. The minimum atomic E-state index is -0.161. The van der Waals surface area contributed by atoms with Gasteiger partial charge in [0.1, 0.15) is 17.3 Å². The molecule has 1 aromatic heterocycles. The van der Waals surface area contributed by atoms with Gasteiger partial charge in [-0.05, 0) is 77.9 Å². The van der Waals surface area contributed by atoms with Crippen LogP contribution in [0.15, 0.2) is 128 Å². The normalized spacial score (nSPS) is 16.2. The van der Waals surface area contributed by atoms with Gasteiger partial charge in [-0.25, -0.2) is 0 Å². The van der Waals surface area contributed by atoms with Gasteiger partial charge in [-0.3, -0.25) is 9.69 Å². The first-order valence-electron chi connectivity index (χ1n) is 12.1. The van der Waals surface area contributed by atoms with Gasteiger partial charge in [0.25, 0.3) is 5.91 Å². The molecule has 38 heavy (non-hydrogen) atoms. The average Bonchev–Trinajstić information content (AvgIpc) is 3.54. The molecule has 0 N–H and O–H groups in total. The number of thioether (sulfide) groups is 1. The fraction of sp³-hybridized carbons (Fsp3) is 0.0645. The largest absolute Gasteiger partial charge is 0.467 e. The lowest BCUT2D eigenvalue weighted by Crippen LogP contribution is -2.28. The zero-order valence-electron chi connectivity index (χ0n) is 20.7. The molecule has 1 aliphatic heterocycles. The van der Waals surface area contributed by atoms with Crippen molar-refractivity contribution < 1.29 is 13.9 Å². The highest BCUT2D eigenvalue weighted by atomic mass is 32.2. The number of furan rings is 1. The fourth-order valence-electron chi connectivity index (χ4n) is 3.74. The van der Waals surface area contributed by atoms with Gasteiger partial charge in [0.05, 0.1) is 23.9 Å². The molecule has 0 aliphatic carbocycles. The van der Waals surface area contributed by atoms with E-state index >= 15 is 0 Å². The van der Waals surface area contributed by atoms with E-state index in [1.807, 2.05) is 110 Å². The van der Waals surface area contributed by atoms with Gasteiger partial charge in [0.15, 0.2) is 5.17 Å². The Balaban J connectivity index is 1.38. The van der Waals surface area contributed by atoms with Gasteiger partial charge >= 0.3 is 0 Å². The minimum absolute atomic E-state index is 0.161. The Kier molecular flexibility index (Phi) is 7.96. The number of carbonyl (C=O) groups is 1. The topological polar surface area (TPSA) is 67.4 Å². The van der Waals surface area contributed by atoms with E-state index in [2.05, 4.69) is 10.2 Å². The van der Waals surface area contributed by atoms with E-state index in [0.717, 1.165) is 22.4 Å². The molecule has 1 saturated heterocycles. The standard InChI is InChI=1S/C31H25N3O3S/c1-23(18-24-10-4-2-5-11-24)21-32-33-31-34(22-28-16-9-17-36-28)30(35)29(38-31)20-25-12-8-15-27(19-25)37-26-13-6-3-7-14-26/h2-21H,22H2,1H3/b23-18+,29-20-,32-21+,33-31-. The van der Waals surface area contributed by atoms with Gasteiger partial charge < -0.3 is 9.15 Å². The molecule has 1 fully saturated rings. The van der Waals surface area contributed by atoms with Crippen LogP contribution >= 0.6 is 11.8 Å². The number of allylic oxidation sites excluding steroid dienone is 1. The maximum atomic E-state index is 13.4. The maximum absolute atomic E-state index is 13.4. The molecule has 6 nitrogen and oxygen atoms in total. The quantitative estimate of drug-likeness (QED) is 0.136. The Morgan fingerprint density at radius 2 is 1.66 bits per heavy atom. The third-order valence-corrected chi connectivity index (χ3v) is 6.51. The van der Waals surface area contributed by atoms with Crippen molar-refractivity contribution in [1.82, 2.24) is 4.90 Å². The van der Waals surface area contributed by atoms with Crippen LogP contribution in [-0.4, -0.2) is 22.2 Å². The van der Waals surface area contributed by atoms with Crippen LogP contribution in [0, 0.1) is 0 Å². The summed E-state index contributed by atoms with van der Waals surface area (Å²) < 4.78 is 11.4. The highest BCUT2D eigenvalue weighted by molar-refractivity contribution is 8.18. The predicted molar refractivity (Wildman–Crippen MR) is 154 cm³/mol. The zero-order chi connectivity index (χ0) is 26.2. The third kappa shape index (κ3) is 6.57. The van der Waals surface area contributed by atoms with Gasteiger partial charge in [-0.15, -0.1) is 5.10 Å². The van der Waals surface area contributed by atoms with Crippen LogP contribution in [0.4, 0.5) is 0 Å². The SMILES string of the molecule is CC(/C=N/N=C1\S/C(=C\c2cccc(Oc3ccccc3)c2)C(=O)N1Cc1ccco1)=C\c1ccccc1. The number of carbonyl (C=O) groups excluding carboxylic acids is 1. The second kappa shape index (κ2) is 12.1. The Morgan fingerprint density at radius 3 is 2.42 bits per heavy atom. The monoisotopic (exact) mass is 519 g/mol. The lowest BCUT2D eigenvalue weighted by molar-refractivity contribution is -0.122. The number of amides is 1. The number of amidine groups is 1. The highest BCUT2D eigenvalue weighted by Crippen LogP contribution is 2.34. The average molecular weight is 520 g/mol. The molecule has 0 atom stereocenters. The summed E-state index contributed by atoms with van der Waals surface area (Å²) in [6, 6.07) is 30.8. The van der Waals surface area contributed by atoms with Crippen molar-refractivity contribution in [3.05, 3.63) is 131 Å². The van der Waals surface area contributed by atoms with E-state index in [-0.39, 0.29) is 12.5 Å². The summed E-state index contributed by atoms with van der Waals surface area (Å²) in [6.45, 7) is 2.22. The summed E-state index contributed by atoms with van der Waals surface area (Å²) in [4.78, 5) is 15.5. The highest BCUT2D eigenvalue weighted by Gasteiger charge is 2.34. The van der Waals surface area contributed by atoms with Crippen molar-refractivity contribution in [2.24, 2.45) is 10.2 Å². The lowest BCUT2D eigenvalue weighted by Gasteiger charge is -2.12. The molecular weight excluding hydrogens is 494 g/mol. The molecule has 1 amide bonds. The first-order chi connectivity index (χ1) is 18.6. The summed E-state index contributed by atoms with van der Waals surface area (Å²) >= 11 is 1.28. The minimum Gasteiger partial charge on any atom is -0.467 e. The van der Waals surface area contributed by atoms with Gasteiger partial charge in [0, 0.05) is 0 Å². The second-order valence-corrected chi connectivity index (χ2v) is 9.50. The summed E-state index contributed by atoms with van der Waals surface area (Å²) in [7, 11) is 0. The van der Waals surface area contributed by atoms with E-state index in [0.29, 0.717) is 21.6 Å². The van der Waals surface area contributed by atoms with Crippen molar-refractivity contribution in [2.75, 3.05) is 0 Å². The smallest absolute Gasteiger partial charge is 0.267 e. The molecule has 0 unspecified atom stereocenters. The van der Waals surface area contributed by atoms with Crippen LogP contribution in [0.25, 0.3) is 12.2 Å². The Labute approximate surface area is 225 Å². The van der Waals surface area contributed by atoms with Crippen molar-refractivity contribution >= 4 is 41.2 Å². The van der Waals surface area contributed by atoms with Crippen molar-refractivity contribution in [1.29, 1.82) is 0 Å². The summed E-state index contributed by atoms with van der Waals surface area (Å²) in [5.41, 5.74) is 2.87. The van der Waals surface area contributed by atoms with E-state index in [1.165, 1.54) is 11.8 Å². The van der Waals surface area contributed by atoms with Crippen LogP contribution in [0.3, 0.4) is 0 Å². The van der Waals surface area contributed by atoms with Crippen LogP contribution in [-0.2, 0) is 11.3 Å². The van der Waals surface area contributed by atoms with Crippen molar-refractivity contribution in [3.63, 3.8) is 0 Å². The van der Waals surface area contributed by atoms with E-state index in [1.54, 1.807) is 23.4 Å². The Morgan fingerprint density at radius 1 is 0.921 bits per heavy atom. The number of ether oxygens (including phenoxy) is 1. The molecule has 188 valence electrons. The maximum Gasteiger partial charge on any atom is 0.267 e. The molecule has 2 heterocycles. The summed E-state index contributed by atoms with van der Waals surface area (Å²) in [5.74, 6) is 1.94. The van der Waals surface area contributed by atoms with E-state index in [4.69, 9.17) is 9.15 Å². The number of hydrogen-bond donors (Lipinski definition) is 0. The van der Waals surface area contributed by atoms with Crippen LogP contribution < -0.4 is 4.74 Å². The van der Waals surface area contributed by atoms with E-state index in [9.17, 15) is 4.79 Å². The Hall–Kier alpha value is -4.62. The predicted octanol–water partition coefficient (Wildman–Crippen LogP) is 7.63. The zero-order valence-corrected chi connectivity index (χ0v) is 21.5. The molecule has 4 aromatic rings. The summed E-state index contributed by atoms with van der Waals surface area (Å²) in [6.07, 6.45) is 7.13. The number of nitrogens with zero attached hydrogens (tertiary/aromatic N) is 3. The molecule has 0 spiro atoms. The molecule has 7 heteroatoms. The van der Waals surface area contributed by atoms with Gasteiger partial charge in [-0.1, -0.05) is 66.7 Å². The fourth-order valence-corrected chi connectivity index (χ4v) is 4.68. The molecule has 3 aromatic carbocycles. The van der Waals surface area contributed by atoms with Gasteiger partial charge in [-0.2, -0.15) is 5.10 Å². The molecule has 1 aliphatic rings. The second-order valence-electron chi connectivity index (χ2n) is 8.50. The molecule has 5 rings (SSSR count). The third-order valence-electron chi connectivity index (χ3n) is 5.52.